The summed E-state index contributed by atoms with van der Waals surface area (Å²) in [5.41, 5.74) is 1.14. The van der Waals surface area contributed by atoms with Crippen LogP contribution in [0.4, 0.5) is 0 Å². The average Bonchev–Trinajstić information content (AvgIpc) is 3.29. The molecule has 0 bridgehead atoms. The maximum Gasteiger partial charge on any atom is 0.239 e. The van der Waals surface area contributed by atoms with Gasteiger partial charge >= 0.3 is 0 Å². The first-order valence-corrected chi connectivity index (χ1v) is 7.23. The Hall–Kier alpha value is -2.37. The van der Waals surface area contributed by atoms with Gasteiger partial charge in [-0.3, -0.25) is 14.4 Å². The number of rotatable bonds is 7. The van der Waals surface area contributed by atoms with Gasteiger partial charge in [-0.25, -0.2) is 0 Å². The minimum Gasteiger partial charge on any atom is -0.496 e. The van der Waals surface area contributed by atoms with E-state index >= 15 is 0 Å². The highest BCUT2D eigenvalue weighted by Gasteiger charge is 2.23. The van der Waals surface area contributed by atoms with Crippen molar-refractivity contribution in [3.05, 3.63) is 29.3 Å². The Bertz CT molecular complexity index is 594. The number of hydrogen-bond donors (Lipinski definition) is 2. The first-order valence-electron chi connectivity index (χ1n) is 7.23. The molecule has 0 atom stereocenters. The molecule has 0 unspecified atom stereocenters. The Morgan fingerprint density at radius 1 is 1.23 bits per heavy atom. The van der Waals surface area contributed by atoms with Crippen LogP contribution in [-0.2, 0) is 16.0 Å². The summed E-state index contributed by atoms with van der Waals surface area (Å²) in [5, 5.41) is 5.37. The number of carbonyl (C=O) groups excluding carboxylic acids is 3. The standard InChI is InChI=1S/C16H20N2O4/c1-10(19)11-3-6-14(22-2)12(7-11)8-15(20)17-9-16(21)18-13-4-5-13/h3,6-7,13H,4-5,8-9H2,1-2H3,(H,17,20)(H,18,21). The molecule has 1 fully saturated rings. The van der Waals surface area contributed by atoms with Crippen molar-refractivity contribution in [3.8, 4) is 5.75 Å². The van der Waals surface area contributed by atoms with E-state index in [1.807, 2.05) is 0 Å². The molecule has 1 aromatic rings. The summed E-state index contributed by atoms with van der Waals surface area (Å²) < 4.78 is 5.20. The molecule has 6 heteroatoms. The van der Waals surface area contributed by atoms with Crippen LogP contribution in [0.1, 0.15) is 35.7 Å². The molecule has 0 spiro atoms. The van der Waals surface area contributed by atoms with Crippen LogP contribution >= 0.6 is 0 Å². The van der Waals surface area contributed by atoms with Gasteiger partial charge in [-0.15, -0.1) is 0 Å². The molecule has 2 amide bonds. The quantitative estimate of drug-likeness (QED) is 0.731. The van der Waals surface area contributed by atoms with Crippen molar-refractivity contribution >= 4 is 17.6 Å². The minimum absolute atomic E-state index is 0.0377. The Morgan fingerprint density at radius 3 is 2.55 bits per heavy atom. The van der Waals surface area contributed by atoms with Gasteiger partial charge in [0.25, 0.3) is 0 Å². The molecule has 0 heterocycles. The fourth-order valence-corrected chi connectivity index (χ4v) is 2.06. The summed E-state index contributed by atoms with van der Waals surface area (Å²) in [6, 6.07) is 5.24. The number of ketones is 1. The summed E-state index contributed by atoms with van der Waals surface area (Å²) in [6.07, 6.45) is 2.07. The van der Waals surface area contributed by atoms with Crippen molar-refractivity contribution in [2.24, 2.45) is 0 Å². The van der Waals surface area contributed by atoms with Gasteiger partial charge in [-0.05, 0) is 38.0 Å². The van der Waals surface area contributed by atoms with E-state index in [1.165, 1.54) is 14.0 Å². The number of benzene rings is 1. The van der Waals surface area contributed by atoms with Crippen LogP contribution in [0.5, 0.6) is 5.75 Å². The van der Waals surface area contributed by atoms with E-state index in [9.17, 15) is 14.4 Å². The topological polar surface area (TPSA) is 84.5 Å². The van der Waals surface area contributed by atoms with Gasteiger partial charge in [0.05, 0.1) is 20.1 Å². The van der Waals surface area contributed by atoms with E-state index < -0.39 is 0 Å². The molecule has 0 radical (unpaired) electrons. The summed E-state index contributed by atoms with van der Waals surface area (Å²) in [6.45, 7) is 1.43. The summed E-state index contributed by atoms with van der Waals surface area (Å²) >= 11 is 0. The van der Waals surface area contributed by atoms with Gasteiger partial charge in [0.2, 0.25) is 11.8 Å². The largest absolute Gasteiger partial charge is 0.496 e. The number of nitrogens with one attached hydrogen (secondary N) is 2. The number of carbonyl (C=O) groups is 3. The van der Waals surface area contributed by atoms with Crippen LogP contribution in [0.15, 0.2) is 18.2 Å². The molecular formula is C16H20N2O4. The van der Waals surface area contributed by atoms with E-state index in [-0.39, 0.29) is 36.6 Å². The van der Waals surface area contributed by atoms with Crippen LogP contribution in [0.25, 0.3) is 0 Å². The van der Waals surface area contributed by atoms with Gasteiger partial charge in [0.1, 0.15) is 5.75 Å². The van der Waals surface area contributed by atoms with Crippen molar-refractivity contribution in [1.82, 2.24) is 10.6 Å². The third-order valence-corrected chi connectivity index (χ3v) is 3.43. The zero-order chi connectivity index (χ0) is 16.1. The van der Waals surface area contributed by atoms with Crippen molar-refractivity contribution in [2.45, 2.75) is 32.2 Å². The first-order chi connectivity index (χ1) is 10.5. The normalized spacial score (nSPS) is 13.4. The number of ether oxygens (including phenoxy) is 1. The molecule has 1 aliphatic carbocycles. The molecule has 1 aliphatic rings. The number of amides is 2. The van der Waals surface area contributed by atoms with Crippen molar-refractivity contribution < 1.29 is 19.1 Å². The number of hydrogen-bond acceptors (Lipinski definition) is 4. The predicted octanol–water partition coefficient (Wildman–Crippen LogP) is 0.835. The van der Waals surface area contributed by atoms with E-state index in [2.05, 4.69) is 10.6 Å². The number of Topliss-reactive ketones (excluding diaryl/α,β-unsaturated/α-hetero) is 1. The third kappa shape index (κ3) is 4.58. The van der Waals surface area contributed by atoms with Gasteiger partial charge in [0.15, 0.2) is 5.78 Å². The fourth-order valence-electron chi connectivity index (χ4n) is 2.06. The Balaban J connectivity index is 1.92. The van der Waals surface area contributed by atoms with Gasteiger partial charge in [-0.2, -0.15) is 0 Å². The second-order valence-electron chi connectivity index (χ2n) is 5.38. The monoisotopic (exact) mass is 304 g/mol. The molecular weight excluding hydrogens is 284 g/mol. The Kier molecular flexibility index (Phi) is 5.14. The molecule has 1 aromatic carbocycles. The third-order valence-electron chi connectivity index (χ3n) is 3.43. The SMILES string of the molecule is COc1ccc(C(C)=O)cc1CC(=O)NCC(=O)NC1CC1. The lowest BCUT2D eigenvalue weighted by atomic mass is 10.0. The fraction of sp³-hybridized carbons (Fsp3) is 0.438. The molecule has 2 rings (SSSR count). The highest BCUT2D eigenvalue weighted by molar-refractivity contribution is 5.95. The van der Waals surface area contributed by atoms with E-state index in [0.717, 1.165) is 12.8 Å². The van der Waals surface area contributed by atoms with Gasteiger partial charge in [-0.1, -0.05) is 0 Å². The van der Waals surface area contributed by atoms with Crippen LogP contribution < -0.4 is 15.4 Å². The van der Waals surface area contributed by atoms with Crippen molar-refractivity contribution in [2.75, 3.05) is 13.7 Å². The van der Waals surface area contributed by atoms with Crippen molar-refractivity contribution in [1.29, 1.82) is 0 Å². The van der Waals surface area contributed by atoms with Crippen LogP contribution in [0.2, 0.25) is 0 Å². The predicted molar refractivity (Wildman–Crippen MR) is 80.9 cm³/mol. The van der Waals surface area contributed by atoms with Crippen molar-refractivity contribution in [3.63, 3.8) is 0 Å². The molecule has 0 aliphatic heterocycles. The molecule has 0 aromatic heterocycles. The van der Waals surface area contributed by atoms with Gasteiger partial charge in [0, 0.05) is 17.2 Å². The molecule has 1 saturated carbocycles. The average molecular weight is 304 g/mol. The van der Waals surface area contributed by atoms with Crippen LogP contribution in [0, 0.1) is 0 Å². The summed E-state index contributed by atoms with van der Waals surface area (Å²) in [5.74, 6) is 0.000884. The summed E-state index contributed by atoms with van der Waals surface area (Å²) in [7, 11) is 1.51. The molecule has 22 heavy (non-hydrogen) atoms. The zero-order valence-corrected chi connectivity index (χ0v) is 12.8. The lowest BCUT2D eigenvalue weighted by molar-refractivity contribution is -0.125. The van der Waals surface area contributed by atoms with E-state index in [1.54, 1.807) is 18.2 Å². The van der Waals surface area contributed by atoms with E-state index in [0.29, 0.717) is 16.9 Å². The highest BCUT2D eigenvalue weighted by atomic mass is 16.5. The first kappa shape index (κ1) is 16.0. The second-order valence-corrected chi connectivity index (χ2v) is 5.38. The maximum absolute atomic E-state index is 11.9. The lowest BCUT2D eigenvalue weighted by Crippen LogP contribution is -2.38. The highest BCUT2D eigenvalue weighted by Crippen LogP contribution is 2.21. The van der Waals surface area contributed by atoms with Crippen LogP contribution in [-0.4, -0.2) is 37.3 Å². The Labute approximate surface area is 129 Å². The molecule has 118 valence electrons. The Morgan fingerprint density at radius 2 is 1.95 bits per heavy atom. The van der Waals surface area contributed by atoms with Gasteiger partial charge < -0.3 is 15.4 Å². The molecule has 2 N–H and O–H groups in total. The molecule has 0 saturated heterocycles. The molecule has 6 nitrogen and oxygen atoms in total. The zero-order valence-electron chi connectivity index (χ0n) is 12.8. The number of methoxy groups -OCH3 is 1. The van der Waals surface area contributed by atoms with E-state index in [4.69, 9.17) is 4.74 Å². The maximum atomic E-state index is 11.9. The second kappa shape index (κ2) is 7.06. The lowest BCUT2D eigenvalue weighted by Gasteiger charge is -2.10. The van der Waals surface area contributed by atoms with Crippen LogP contribution in [0.3, 0.4) is 0 Å². The minimum atomic E-state index is -0.287. The smallest absolute Gasteiger partial charge is 0.239 e. The summed E-state index contributed by atoms with van der Waals surface area (Å²) in [4.78, 5) is 34.9.